The van der Waals surface area contributed by atoms with Crippen molar-refractivity contribution < 1.29 is 9.90 Å². The van der Waals surface area contributed by atoms with E-state index in [0.29, 0.717) is 13.0 Å². The topological polar surface area (TPSA) is 61.4 Å². The van der Waals surface area contributed by atoms with E-state index in [9.17, 15) is 4.79 Å². The normalized spacial score (nSPS) is 26.3. The summed E-state index contributed by atoms with van der Waals surface area (Å²) in [4.78, 5) is 10.5. The third kappa shape index (κ3) is 1.65. The molecular formula is C5H10N2O2. The van der Waals surface area contributed by atoms with E-state index in [-0.39, 0.29) is 18.7 Å². The Morgan fingerprint density at radius 2 is 2.56 bits per heavy atom. The zero-order valence-electron chi connectivity index (χ0n) is 5.05. The minimum Gasteiger partial charge on any atom is -0.396 e. The maximum atomic E-state index is 10.5. The molecule has 3 N–H and O–H groups in total. The Hall–Kier alpha value is -0.610. The lowest BCUT2D eigenvalue weighted by atomic mass is 10.4. The van der Waals surface area contributed by atoms with E-state index in [1.54, 1.807) is 0 Å². The zero-order valence-corrected chi connectivity index (χ0v) is 5.05. The van der Waals surface area contributed by atoms with Crippen LogP contribution in [0.2, 0.25) is 0 Å². The summed E-state index contributed by atoms with van der Waals surface area (Å²) in [6.45, 7) is 0.489. The Kier molecular flexibility index (Phi) is 2.02. The summed E-state index contributed by atoms with van der Waals surface area (Å²) in [5, 5.41) is 14.0. The molecule has 0 aromatic heterocycles. The van der Waals surface area contributed by atoms with E-state index < -0.39 is 0 Å². The van der Waals surface area contributed by atoms with Crippen LogP contribution in [0.25, 0.3) is 0 Å². The second-order valence-corrected chi connectivity index (χ2v) is 2.01. The van der Waals surface area contributed by atoms with Crippen molar-refractivity contribution in [3.05, 3.63) is 0 Å². The van der Waals surface area contributed by atoms with E-state index in [1.807, 2.05) is 0 Å². The molecule has 0 radical (unpaired) electrons. The van der Waals surface area contributed by atoms with Gasteiger partial charge in [0, 0.05) is 13.0 Å². The van der Waals surface area contributed by atoms with Crippen LogP contribution in [-0.4, -0.2) is 30.3 Å². The Morgan fingerprint density at radius 3 is 3.00 bits per heavy atom. The summed E-state index contributed by atoms with van der Waals surface area (Å²) >= 11 is 0. The highest BCUT2D eigenvalue weighted by Gasteiger charge is 2.17. The lowest BCUT2D eigenvalue weighted by molar-refractivity contribution is -0.118. The molecule has 1 atom stereocenters. The van der Waals surface area contributed by atoms with Crippen molar-refractivity contribution in [3.8, 4) is 0 Å². The molecule has 4 nitrogen and oxygen atoms in total. The predicted molar refractivity (Wildman–Crippen MR) is 31.6 cm³/mol. The van der Waals surface area contributed by atoms with Crippen molar-refractivity contribution in [3.63, 3.8) is 0 Å². The summed E-state index contributed by atoms with van der Waals surface area (Å²) in [5.41, 5.74) is 0. The number of aliphatic hydroxyl groups excluding tert-OH is 1. The monoisotopic (exact) mass is 130 g/mol. The minimum atomic E-state index is -0.0116. The van der Waals surface area contributed by atoms with Crippen molar-refractivity contribution in [2.45, 2.75) is 12.6 Å². The van der Waals surface area contributed by atoms with Gasteiger partial charge in [0.15, 0.2) is 0 Å². The van der Waals surface area contributed by atoms with Gasteiger partial charge in [-0.25, -0.2) is 0 Å². The maximum Gasteiger partial charge on any atom is 0.235 e. The Morgan fingerprint density at radius 1 is 1.78 bits per heavy atom. The van der Waals surface area contributed by atoms with E-state index in [0.717, 1.165) is 0 Å². The van der Waals surface area contributed by atoms with Gasteiger partial charge < -0.3 is 10.4 Å². The van der Waals surface area contributed by atoms with Gasteiger partial charge in [-0.15, -0.1) is 0 Å². The third-order valence-electron chi connectivity index (χ3n) is 1.26. The van der Waals surface area contributed by atoms with Gasteiger partial charge in [0.1, 0.15) is 0 Å². The summed E-state index contributed by atoms with van der Waals surface area (Å²) in [6.07, 6.45) is 0.577. The molecule has 1 unspecified atom stereocenters. The molecule has 1 rings (SSSR count). The van der Waals surface area contributed by atoms with Gasteiger partial charge in [0.25, 0.3) is 0 Å². The number of amides is 1. The van der Waals surface area contributed by atoms with Gasteiger partial charge in [0.05, 0.1) is 12.7 Å². The molecule has 1 fully saturated rings. The average molecular weight is 130 g/mol. The van der Waals surface area contributed by atoms with Crippen molar-refractivity contribution in [2.75, 3.05) is 13.2 Å². The van der Waals surface area contributed by atoms with Gasteiger partial charge in [-0.3, -0.25) is 10.1 Å². The molecule has 9 heavy (non-hydrogen) atoms. The van der Waals surface area contributed by atoms with Gasteiger partial charge in [-0.1, -0.05) is 0 Å². The van der Waals surface area contributed by atoms with Crippen LogP contribution >= 0.6 is 0 Å². The molecule has 1 aliphatic rings. The van der Waals surface area contributed by atoms with Gasteiger partial charge >= 0.3 is 0 Å². The van der Waals surface area contributed by atoms with Crippen molar-refractivity contribution in [1.29, 1.82) is 0 Å². The van der Waals surface area contributed by atoms with E-state index in [4.69, 9.17) is 5.11 Å². The number of aliphatic hydroxyl groups is 1. The lowest BCUT2D eigenvalue weighted by Gasteiger charge is -2.05. The summed E-state index contributed by atoms with van der Waals surface area (Å²) in [5.74, 6) is 0.00782. The van der Waals surface area contributed by atoms with Crippen LogP contribution in [0.15, 0.2) is 0 Å². The van der Waals surface area contributed by atoms with Gasteiger partial charge in [0.2, 0.25) is 5.91 Å². The molecule has 0 spiro atoms. The first-order chi connectivity index (χ1) is 4.33. The van der Waals surface area contributed by atoms with Crippen LogP contribution in [0.4, 0.5) is 0 Å². The summed E-state index contributed by atoms with van der Waals surface area (Å²) in [6, 6.07) is 0. The molecule has 0 aromatic carbocycles. The fourth-order valence-electron chi connectivity index (χ4n) is 0.816. The smallest absolute Gasteiger partial charge is 0.235 e. The zero-order chi connectivity index (χ0) is 6.69. The number of rotatable bonds is 2. The second-order valence-electron chi connectivity index (χ2n) is 2.01. The molecule has 1 aliphatic heterocycles. The van der Waals surface area contributed by atoms with Crippen LogP contribution in [-0.2, 0) is 4.79 Å². The first-order valence-electron chi connectivity index (χ1n) is 2.96. The molecule has 52 valence electrons. The van der Waals surface area contributed by atoms with Crippen LogP contribution in [0, 0.1) is 0 Å². The van der Waals surface area contributed by atoms with Crippen molar-refractivity contribution in [2.24, 2.45) is 0 Å². The number of nitrogens with one attached hydrogen (secondary N) is 2. The second kappa shape index (κ2) is 2.80. The van der Waals surface area contributed by atoms with Crippen LogP contribution in [0.3, 0.4) is 0 Å². The van der Waals surface area contributed by atoms with Crippen LogP contribution in [0.5, 0.6) is 0 Å². The predicted octanol–water partition coefficient (Wildman–Crippen LogP) is -1.59. The minimum absolute atomic E-state index is 0.00782. The van der Waals surface area contributed by atoms with E-state index >= 15 is 0 Å². The fourth-order valence-corrected chi connectivity index (χ4v) is 0.816. The standard InChI is InChI=1S/C5H10N2O2/c8-2-1-4-6-3-5(9)7-4/h4,6,8H,1-3H2,(H,7,9). The largest absolute Gasteiger partial charge is 0.396 e. The maximum absolute atomic E-state index is 10.5. The Balaban J connectivity index is 2.22. The highest BCUT2D eigenvalue weighted by atomic mass is 16.3. The molecule has 0 aromatic rings. The molecule has 1 heterocycles. The van der Waals surface area contributed by atoms with Gasteiger partial charge in [-0.05, 0) is 0 Å². The summed E-state index contributed by atoms with van der Waals surface area (Å²) < 4.78 is 0. The Labute approximate surface area is 53.2 Å². The van der Waals surface area contributed by atoms with E-state index in [1.165, 1.54) is 0 Å². The molecule has 1 amide bonds. The highest BCUT2D eigenvalue weighted by molar-refractivity contribution is 5.80. The number of hydrogen-bond donors (Lipinski definition) is 3. The average Bonchev–Trinajstić information content (AvgIpc) is 2.17. The van der Waals surface area contributed by atoms with E-state index in [2.05, 4.69) is 10.6 Å². The van der Waals surface area contributed by atoms with Crippen LogP contribution < -0.4 is 10.6 Å². The summed E-state index contributed by atoms with van der Waals surface area (Å²) in [7, 11) is 0. The molecule has 1 saturated heterocycles. The first-order valence-corrected chi connectivity index (χ1v) is 2.96. The SMILES string of the molecule is O=C1CNC(CCO)N1. The number of carbonyl (C=O) groups excluding carboxylic acids is 1. The molecular weight excluding hydrogens is 120 g/mol. The number of carbonyl (C=O) groups is 1. The lowest BCUT2D eigenvalue weighted by Crippen LogP contribution is -2.32. The molecule has 4 heteroatoms. The highest BCUT2D eigenvalue weighted by Crippen LogP contribution is 1.90. The fraction of sp³-hybridized carbons (Fsp3) is 0.800. The van der Waals surface area contributed by atoms with Crippen LogP contribution in [0.1, 0.15) is 6.42 Å². The number of hydrogen-bond acceptors (Lipinski definition) is 3. The van der Waals surface area contributed by atoms with Crippen molar-refractivity contribution >= 4 is 5.91 Å². The molecule has 0 aliphatic carbocycles. The molecule has 0 bridgehead atoms. The molecule has 0 saturated carbocycles. The third-order valence-corrected chi connectivity index (χ3v) is 1.26. The Bertz CT molecular complexity index is 116. The first kappa shape index (κ1) is 6.51. The van der Waals surface area contributed by atoms with Crippen molar-refractivity contribution in [1.82, 2.24) is 10.6 Å². The van der Waals surface area contributed by atoms with Gasteiger partial charge in [-0.2, -0.15) is 0 Å². The quantitative estimate of drug-likeness (QED) is 0.422.